The molecular formula is C25H23NO3. The minimum Gasteiger partial charge on any atom is -0.454 e. The molecule has 4 nitrogen and oxygen atoms in total. The molecule has 1 amide bonds. The third-order valence-corrected chi connectivity index (χ3v) is 5.98. The lowest BCUT2D eigenvalue weighted by Crippen LogP contribution is -2.28. The number of fused-ring (bicyclic) bond motifs is 1. The number of carbonyl (C=O) groups excluding carboxylic acids is 1. The molecule has 29 heavy (non-hydrogen) atoms. The first kappa shape index (κ1) is 17.8. The maximum atomic E-state index is 13.3. The summed E-state index contributed by atoms with van der Waals surface area (Å²) in [4.78, 5) is 13.3. The van der Waals surface area contributed by atoms with Crippen LogP contribution in [-0.4, -0.2) is 12.7 Å². The highest BCUT2D eigenvalue weighted by Crippen LogP contribution is 2.51. The molecule has 0 atom stereocenters. The second-order valence-corrected chi connectivity index (χ2v) is 8.00. The highest BCUT2D eigenvalue weighted by atomic mass is 16.7. The van der Waals surface area contributed by atoms with E-state index in [9.17, 15) is 4.79 Å². The highest BCUT2D eigenvalue weighted by molar-refractivity contribution is 6.02. The van der Waals surface area contributed by atoms with Gasteiger partial charge in [0.25, 0.3) is 0 Å². The number of anilines is 1. The second-order valence-electron chi connectivity index (χ2n) is 8.00. The summed E-state index contributed by atoms with van der Waals surface area (Å²) in [5, 5.41) is 3.19. The fourth-order valence-corrected chi connectivity index (χ4v) is 3.89. The minimum atomic E-state index is -0.479. The van der Waals surface area contributed by atoms with Gasteiger partial charge in [0.1, 0.15) is 0 Å². The van der Waals surface area contributed by atoms with Crippen LogP contribution in [-0.2, 0) is 10.2 Å². The van der Waals surface area contributed by atoms with E-state index in [-0.39, 0.29) is 12.7 Å². The number of hydrogen-bond acceptors (Lipinski definition) is 3. The molecule has 3 aromatic carbocycles. The van der Waals surface area contributed by atoms with Crippen molar-refractivity contribution in [2.45, 2.75) is 32.1 Å². The zero-order chi connectivity index (χ0) is 20.0. The lowest BCUT2D eigenvalue weighted by molar-refractivity contribution is -0.118. The maximum Gasteiger partial charge on any atom is 0.235 e. The Morgan fingerprint density at radius 2 is 1.59 bits per heavy atom. The van der Waals surface area contributed by atoms with Crippen LogP contribution >= 0.6 is 0 Å². The van der Waals surface area contributed by atoms with E-state index in [0.717, 1.165) is 52.3 Å². The molecule has 0 unspecified atom stereocenters. The molecule has 146 valence electrons. The van der Waals surface area contributed by atoms with E-state index >= 15 is 0 Å². The maximum absolute atomic E-state index is 13.3. The van der Waals surface area contributed by atoms with Crippen molar-refractivity contribution in [2.24, 2.45) is 0 Å². The van der Waals surface area contributed by atoms with Crippen molar-refractivity contribution >= 4 is 11.6 Å². The van der Waals surface area contributed by atoms with Crippen molar-refractivity contribution in [3.8, 4) is 22.6 Å². The average molecular weight is 385 g/mol. The van der Waals surface area contributed by atoms with Crippen LogP contribution in [0, 0.1) is 13.8 Å². The lowest BCUT2D eigenvalue weighted by atomic mass is 9.94. The summed E-state index contributed by atoms with van der Waals surface area (Å²) in [6.07, 6.45) is 1.68. The van der Waals surface area contributed by atoms with Crippen LogP contribution in [0.5, 0.6) is 11.5 Å². The monoisotopic (exact) mass is 385 g/mol. The first-order valence-corrected chi connectivity index (χ1v) is 9.94. The predicted octanol–water partition coefficient (Wildman–Crippen LogP) is 5.37. The Morgan fingerprint density at radius 3 is 2.34 bits per heavy atom. The van der Waals surface area contributed by atoms with Crippen LogP contribution in [0.2, 0.25) is 0 Å². The number of carbonyl (C=O) groups is 1. The zero-order valence-electron chi connectivity index (χ0n) is 16.6. The molecule has 2 aliphatic rings. The van der Waals surface area contributed by atoms with Crippen molar-refractivity contribution in [3.05, 3.63) is 77.4 Å². The van der Waals surface area contributed by atoms with Gasteiger partial charge in [0.2, 0.25) is 12.7 Å². The SMILES string of the molecule is Cc1ccc(-c2ccc(C)c(NC(=O)C3(c4ccc5c(c4)OCO5)CC3)c2)cc1. The van der Waals surface area contributed by atoms with Crippen LogP contribution < -0.4 is 14.8 Å². The lowest BCUT2D eigenvalue weighted by Gasteiger charge is -2.18. The summed E-state index contributed by atoms with van der Waals surface area (Å²) in [6, 6.07) is 20.5. The Bertz CT molecular complexity index is 1100. The number of amides is 1. The van der Waals surface area contributed by atoms with E-state index in [1.54, 1.807) is 0 Å². The normalized spacial score (nSPS) is 15.8. The number of ether oxygens (including phenoxy) is 2. The summed E-state index contributed by atoms with van der Waals surface area (Å²) < 4.78 is 10.9. The van der Waals surface area contributed by atoms with Crippen LogP contribution in [0.15, 0.2) is 60.7 Å². The number of nitrogens with one attached hydrogen (secondary N) is 1. The highest BCUT2D eigenvalue weighted by Gasteiger charge is 2.51. The summed E-state index contributed by atoms with van der Waals surface area (Å²) in [5.74, 6) is 1.51. The van der Waals surface area contributed by atoms with Gasteiger partial charge in [-0.2, -0.15) is 0 Å². The Balaban J connectivity index is 1.42. The average Bonchev–Trinajstić information content (AvgIpc) is 3.41. The molecular weight excluding hydrogens is 362 g/mol. The van der Waals surface area contributed by atoms with Gasteiger partial charge in [0, 0.05) is 5.69 Å². The number of rotatable bonds is 4. The molecule has 0 spiro atoms. The molecule has 1 fully saturated rings. The molecule has 0 saturated heterocycles. The fraction of sp³-hybridized carbons (Fsp3) is 0.240. The second kappa shape index (κ2) is 6.66. The van der Waals surface area contributed by atoms with E-state index in [1.807, 2.05) is 25.1 Å². The van der Waals surface area contributed by atoms with E-state index in [0.29, 0.717) is 0 Å². The Labute approximate surface area is 170 Å². The molecule has 4 heteroatoms. The molecule has 1 saturated carbocycles. The largest absolute Gasteiger partial charge is 0.454 e. The fourth-order valence-electron chi connectivity index (χ4n) is 3.89. The standard InChI is InChI=1S/C25H23NO3/c1-16-3-6-18(7-4-16)19-8-5-17(2)21(13-19)26-24(27)25(11-12-25)20-9-10-22-23(14-20)29-15-28-22/h3-10,13-14H,11-12,15H2,1-2H3,(H,26,27). The van der Waals surface area contributed by atoms with Gasteiger partial charge in [0.15, 0.2) is 11.5 Å². The predicted molar refractivity (Wildman–Crippen MR) is 113 cm³/mol. The van der Waals surface area contributed by atoms with Gasteiger partial charge in [-0.3, -0.25) is 4.79 Å². The van der Waals surface area contributed by atoms with Gasteiger partial charge >= 0.3 is 0 Å². The first-order chi connectivity index (χ1) is 14.0. The van der Waals surface area contributed by atoms with E-state index in [4.69, 9.17) is 9.47 Å². The van der Waals surface area contributed by atoms with Gasteiger partial charge in [-0.25, -0.2) is 0 Å². The van der Waals surface area contributed by atoms with Crippen molar-refractivity contribution < 1.29 is 14.3 Å². The molecule has 0 aromatic heterocycles. The first-order valence-electron chi connectivity index (χ1n) is 9.94. The van der Waals surface area contributed by atoms with Crippen LogP contribution in [0.1, 0.15) is 29.5 Å². The molecule has 1 N–H and O–H groups in total. The van der Waals surface area contributed by atoms with E-state index < -0.39 is 5.41 Å². The third-order valence-electron chi connectivity index (χ3n) is 5.98. The summed E-state index contributed by atoms with van der Waals surface area (Å²) >= 11 is 0. The smallest absolute Gasteiger partial charge is 0.235 e. The van der Waals surface area contributed by atoms with Crippen molar-refractivity contribution in [3.63, 3.8) is 0 Å². The number of hydrogen-bond donors (Lipinski definition) is 1. The van der Waals surface area contributed by atoms with Gasteiger partial charge in [-0.15, -0.1) is 0 Å². The molecule has 0 bridgehead atoms. The van der Waals surface area contributed by atoms with Gasteiger partial charge in [-0.1, -0.05) is 48.0 Å². The number of benzene rings is 3. The van der Waals surface area contributed by atoms with Gasteiger partial charge in [-0.05, 0) is 67.1 Å². The van der Waals surface area contributed by atoms with Gasteiger partial charge in [0.05, 0.1) is 5.41 Å². The van der Waals surface area contributed by atoms with Crippen LogP contribution in [0.4, 0.5) is 5.69 Å². The summed E-state index contributed by atoms with van der Waals surface area (Å²) in [7, 11) is 0. The topological polar surface area (TPSA) is 47.6 Å². The van der Waals surface area contributed by atoms with Gasteiger partial charge < -0.3 is 14.8 Å². The van der Waals surface area contributed by atoms with Crippen molar-refractivity contribution in [1.29, 1.82) is 0 Å². The summed E-state index contributed by atoms with van der Waals surface area (Å²) in [6.45, 7) is 4.34. The molecule has 1 heterocycles. The van der Waals surface area contributed by atoms with E-state index in [1.165, 1.54) is 5.56 Å². The Hall–Kier alpha value is -3.27. The van der Waals surface area contributed by atoms with Crippen molar-refractivity contribution in [2.75, 3.05) is 12.1 Å². The van der Waals surface area contributed by atoms with E-state index in [2.05, 4.69) is 54.7 Å². The quantitative estimate of drug-likeness (QED) is 0.657. The molecule has 3 aromatic rings. The minimum absolute atomic E-state index is 0.0421. The molecule has 1 aliphatic carbocycles. The molecule has 1 aliphatic heterocycles. The summed E-state index contributed by atoms with van der Waals surface area (Å²) in [5.41, 5.74) is 5.89. The van der Waals surface area contributed by atoms with Crippen LogP contribution in [0.25, 0.3) is 11.1 Å². The molecule has 5 rings (SSSR count). The molecule has 0 radical (unpaired) electrons. The Kier molecular flexibility index (Phi) is 4.09. The Morgan fingerprint density at radius 1 is 0.862 bits per heavy atom. The van der Waals surface area contributed by atoms with Crippen LogP contribution in [0.3, 0.4) is 0 Å². The number of aryl methyl sites for hydroxylation is 2. The third kappa shape index (κ3) is 3.15. The zero-order valence-corrected chi connectivity index (χ0v) is 16.6. The van der Waals surface area contributed by atoms with Crippen molar-refractivity contribution in [1.82, 2.24) is 0 Å².